The normalized spacial score (nSPS) is 37.6. The van der Waals surface area contributed by atoms with Gasteiger partial charge in [-0.3, -0.25) is 4.90 Å². The third-order valence-corrected chi connectivity index (χ3v) is 3.80. The molecule has 0 aromatic heterocycles. The molecule has 2 N–H and O–H groups in total. The summed E-state index contributed by atoms with van der Waals surface area (Å²) in [6, 6.07) is 2.48. The highest BCUT2D eigenvalue weighted by Crippen LogP contribution is 2.24. The van der Waals surface area contributed by atoms with E-state index in [0.717, 1.165) is 38.9 Å². The molecule has 2 fully saturated rings. The Morgan fingerprint density at radius 3 is 2.88 bits per heavy atom. The van der Waals surface area contributed by atoms with Crippen molar-refractivity contribution in [1.82, 2.24) is 10.2 Å². The van der Waals surface area contributed by atoms with Crippen LogP contribution in [0.5, 0.6) is 0 Å². The molecule has 1 saturated carbocycles. The minimum Gasteiger partial charge on any atom is -0.391 e. The first-order valence-electron chi connectivity index (χ1n) is 6.37. The minimum atomic E-state index is -0.239. The molecule has 3 unspecified atom stereocenters. The summed E-state index contributed by atoms with van der Waals surface area (Å²) in [5.41, 5.74) is 0. The Kier molecular flexibility index (Phi) is 4.16. The summed E-state index contributed by atoms with van der Waals surface area (Å²) in [5.74, 6) is 0. The number of hydrogen-bond acceptors (Lipinski definition) is 4. The smallest absolute Gasteiger partial charge is 0.111 e. The van der Waals surface area contributed by atoms with E-state index >= 15 is 0 Å². The highest BCUT2D eigenvalue weighted by molar-refractivity contribution is 5.00. The number of piperazine rings is 1. The molecule has 2 aliphatic rings. The minimum absolute atomic E-state index is 0.0634. The summed E-state index contributed by atoms with van der Waals surface area (Å²) in [5, 5.41) is 22.5. The van der Waals surface area contributed by atoms with Crippen LogP contribution in [0.1, 0.15) is 32.1 Å². The van der Waals surface area contributed by atoms with Gasteiger partial charge >= 0.3 is 0 Å². The van der Waals surface area contributed by atoms with E-state index in [0.29, 0.717) is 0 Å². The van der Waals surface area contributed by atoms with Crippen LogP contribution in [0.3, 0.4) is 0 Å². The lowest BCUT2D eigenvalue weighted by atomic mass is 10.0. The van der Waals surface area contributed by atoms with Gasteiger partial charge < -0.3 is 10.4 Å². The van der Waals surface area contributed by atoms with E-state index in [1.54, 1.807) is 0 Å². The van der Waals surface area contributed by atoms with Gasteiger partial charge in [-0.25, -0.2) is 0 Å². The molecule has 1 heterocycles. The van der Waals surface area contributed by atoms with Gasteiger partial charge in [0.2, 0.25) is 0 Å². The Bertz CT molecular complexity index is 263. The van der Waals surface area contributed by atoms with Crippen LogP contribution in [0.25, 0.3) is 0 Å². The van der Waals surface area contributed by atoms with Crippen LogP contribution in [0.15, 0.2) is 0 Å². The predicted molar refractivity (Wildman–Crippen MR) is 61.9 cm³/mol. The fraction of sp³-hybridized carbons (Fsp3) is 0.917. The number of aliphatic hydroxyl groups is 1. The Balaban J connectivity index is 2.05. The molecular weight excluding hydrogens is 202 g/mol. The van der Waals surface area contributed by atoms with Crippen molar-refractivity contribution in [3.05, 3.63) is 0 Å². The van der Waals surface area contributed by atoms with Crippen molar-refractivity contribution in [3.63, 3.8) is 0 Å². The number of nitrogens with one attached hydrogen (secondary N) is 1. The quantitative estimate of drug-likeness (QED) is 0.635. The van der Waals surface area contributed by atoms with Gasteiger partial charge in [0.1, 0.15) is 6.04 Å². The van der Waals surface area contributed by atoms with E-state index in [-0.39, 0.29) is 18.2 Å². The van der Waals surface area contributed by atoms with Crippen molar-refractivity contribution in [2.75, 3.05) is 19.6 Å². The molecule has 4 heteroatoms. The maximum atomic E-state index is 10.1. The zero-order valence-corrected chi connectivity index (χ0v) is 9.73. The van der Waals surface area contributed by atoms with Crippen LogP contribution in [0.2, 0.25) is 0 Å². The Labute approximate surface area is 97.2 Å². The van der Waals surface area contributed by atoms with Gasteiger partial charge in [-0.2, -0.15) is 5.26 Å². The number of nitriles is 1. The molecule has 3 atom stereocenters. The summed E-state index contributed by atoms with van der Waals surface area (Å²) in [7, 11) is 0. The lowest BCUT2D eigenvalue weighted by Crippen LogP contribution is -2.57. The van der Waals surface area contributed by atoms with Crippen molar-refractivity contribution in [2.24, 2.45) is 0 Å². The lowest BCUT2D eigenvalue weighted by Gasteiger charge is -2.39. The molecular formula is C12H21N3O. The molecule has 1 saturated heterocycles. The summed E-state index contributed by atoms with van der Waals surface area (Å²) in [6.45, 7) is 2.56. The molecule has 16 heavy (non-hydrogen) atoms. The van der Waals surface area contributed by atoms with E-state index in [4.69, 9.17) is 5.26 Å². The first-order valence-corrected chi connectivity index (χ1v) is 6.37. The number of rotatable bonds is 1. The van der Waals surface area contributed by atoms with E-state index in [2.05, 4.69) is 16.3 Å². The van der Waals surface area contributed by atoms with Crippen molar-refractivity contribution in [3.8, 4) is 6.07 Å². The standard InChI is InChI=1S/C12H21N3O/c13-8-10-9-14-6-7-15(10)11-4-2-1-3-5-12(11)16/h10-12,14,16H,1-7,9H2. The molecule has 1 aliphatic heterocycles. The number of nitrogens with zero attached hydrogens (tertiary/aromatic N) is 2. The molecule has 0 spiro atoms. The maximum Gasteiger partial charge on any atom is 0.111 e. The van der Waals surface area contributed by atoms with Crippen LogP contribution in [-0.4, -0.2) is 47.8 Å². The topological polar surface area (TPSA) is 59.3 Å². The molecule has 0 radical (unpaired) electrons. The molecule has 0 bridgehead atoms. The Morgan fingerprint density at radius 1 is 1.25 bits per heavy atom. The van der Waals surface area contributed by atoms with Gasteiger partial charge in [-0.05, 0) is 12.8 Å². The Hall–Kier alpha value is -0.630. The zero-order valence-electron chi connectivity index (χ0n) is 9.73. The molecule has 2 rings (SSSR count). The largest absolute Gasteiger partial charge is 0.391 e. The Morgan fingerprint density at radius 2 is 2.06 bits per heavy atom. The first kappa shape index (κ1) is 11.8. The average molecular weight is 223 g/mol. The van der Waals surface area contributed by atoms with Gasteiger partial charge in [0.15, 0.2) is 0 Å². The number of hydrogen-bond donors (Lipinski definition) is 2. The van der Waals surface area contributed by atoms with Crippen molar-refractivity contribution >= 4 is 0 Å². The molecule has 1 aliphatic carbocycles. The van der Waals surface area contributed by atoms with Crippen LogP contribution in [-0.2, 0) is 0 Å². The van der Waals surface area contributed by atoms with E-state index in [1.807, 2.05) is 0 Å². The van der Waals surface area contributed by atoms with Gasteiger partial charge in [-0.1, -0.05) is 19.3 Å². The molecule has 0 aromatic rings. The van der Waals surface area contributed by atoms with Gasteiger partial charge in [0.25, 0.3) is 0 Å². The van der Waals surface area contributed by atoms with Gasteiger partial charge in [0, 0.05) is 25.7 Å². The molecule has 90 valence electrons. The highest BCUT2D eigenvalue weighted by Gasteiger charge is 2.33. The van der Waals surface area contributed by atoms with Gasteiger partial charge in [0.05, 0.1) is 12.2 Å². The fourth-order valence-electron chi connectivity index (χ4n) is 2.89. The highest BCUT2D eigenvalue weighted by atomic mass is 16.3. The van der Waals surface area contributed by atoms with Crippen molar-refractivity contribution < 1.29 is 5.11 Å². The van der Waals surface area contributed by atoms with E-state index < -0.39 is 0 Å². The van der Waals surface area contributed by atoms with Crippen LogP contribution in [0.4, 0.5) is 0 Å². The zero-order chi connectivity index (χ0) is 11.4. The second kappa shape index (κ2) is 5.62. The molecule has 4 nitrogen and oxygen atoms in total. The monoisotopic (exact) mass is 223 g/mol. The van der Waals surface area contributed by atoms with Gasteiger partial charge in [-0.15, -0.1) is 0 Å². The third kappa shape index (κ3) is 2.54. The second-order valence-electron chi connectivity index (χ2n) is 4.86. The van der Waals surface area contributed by atoms with E-state index in [1.165, 1.54) is 12.8 Å². The first-order chi connectivity index (χ1) is 7.83. The van der Waals surface area contributed by atoms with E-state index in [9.17, 15) is 5.11 Å². The second-order valence-corrected chi connectivity index (χ2v) is 4.86. The summed E-state index contributed by atoms with van der Waals surface area (Å²) >= 11 is 0. The van der Waals surface area contributed by atoms with Crippen LogP contribution >= 0.6 is 0 Å². The van der Waals surface area contributed by atoms with Crippen LogP contribution in [0, 0.1) is 11.3 Å². The average Bonchev–Trinajstić information content (AvgIpc) is 2.54. The lowest BCUT2D eigenvalue weighted by molar-refractivity contribution is 0.0228. The third-order valence-electron chi connectivity index (χ3n) is 3.80. The molecule has 0 amide bonds. The summed E-state index contributed by atoms with van der Waals surface area (Å²) < 4.78 is 0. The van der Waals surface area contributed by atoms with Crippen molar-refractivity contribution in [1.29, 1.82) is 5.26 Å². The fourth-order valence-corrected chi connectivity index (χ4v) is 2.89. The number of aliphatic hydroxyl groups excluding tert-OH is 1. The predicted octanol–water partition coefficient (Wildman–Crippen LogP) is 0.477. The van der Waals surface area contributed by atoms with Crippen molar-refractivity contribution in [2.45, 2.75) is 50.3 Å². The summed E-state index contributed by atoms with van der Waals surface area (Å²) in [6.07, 6.45) is 5.23. The van der Waals surface area contributed by atoms with Crippen LogP contribution < -0.4 is 5.32 Å². The SMILES string of the molecule is N#CC1CNCCN1C1CCCCCC1O. The summed E-state index contributed by atoms with van der Waals surface area (Å²) in [4.78, 5) is 2.21. The maximum absolute atomic E-state index is 10.1. The molecule has 0 aromatic carbocycles.